The molecule has 4 aromatic rings. The number of carbonyl (C=O) groups excluding carboxylic acids is 1. The third kappa shape index (κ3) is 4.65. The van der Waals surface area contributed by atoms with E-state index in [0.717, 1.165) is 27.3 Å². The van der Waals surface area contributed by atoms with Gasteiger partial charge in [0.25, 0.3) is 5.91 Å². The van der Waals surface area contributed by atoms with Gasteiger partial charge in [0.1, 0.15) is 5.82 Å². The number of halogens is 2. The molecular weight excluding hydrogens is 433 g/mol. The molecule has 0 aliphatic carbocycles. The van der Waals surface area contributed by atoms with Crippen LogP contribution in [0, 0.1) is 5.82 Å². The van der Waals surface area contributed by atoms with Gasteiger partial charge >= 0.3 is 0 Å². The Morgan fingerprint density at radius 1 is 1.03 bits per heavy atom. The van der Waals surface area contributed by atoms with Crippen LogP contribution in [-0.4, -0.2) is 21.9 Å². The van der Waals surface area contributed by atoms with E-state index in [0.29, 0.717) is 16.3 Å². The fourth-order valence-electron chi connectivity index (χ4n) is 3.27. The molecule has 0 saturated heterocycles. The van der Waals surface area contributed by atoms with Crippen molar-refractivity contribution in [3.05, 3.63) is 89.3 Å². The molecule has 31 heavy (non-hydrogen) atoms. The molecule has 0 atom stereocenters. The molecule has 0 saturated carbocycles. The summed E-state index contributed by atoms with van der Waals surface area (Å²) in [7, 11) is 1.83. The number of nitrogens with zero attached hydrogens (tertiary/aromatic N) is 2. The molecule has 0 unspecified atom stereocenters. The third-order valence-corrected chi connectivity index (χ3v) is 5.90. The first-order valence-electron chi connectivity index (χ1n) is 9.49. The molecule has 0 fully saturated rings. The van der Waals surface area contributed by atoms with E-state index in [1.54, 1.807) is 52.8 Å². The highest BCUT2D eigenvalue weighted by molar-refractivity contribution is 7.98. The van der Waals surface area contributed by atoms with Gasteiger partial charge in [-0.05, 0) is 72.0 Å². The number of benzene rings is 3. The summed E-state index contributed by atoms with van der Waals surface area (Å²) in [5.74, 6) is -0.583. The van der Waals surface area contributed by atoms with Gasteiger partial charge in [0, 0.05) is 35.0 Å². The third-order valence-electron chi connectivity index (χ3n) is 4.84. The lowest BCUT2D eigenvalue weighted by Crippen LogP contribution is -2.13. The van der Waals surface area contributed by atoms with E-state index in [4.69, 9.17) is 11.6 Å². The van der Waals surface area contributed by atoms with E-state index in [9.17, 15) is 9.18 Å². The largest absolute Gasteiger partial charge is 0.322 e. The predicted octanol–water partition coefficient (Wildman–Crippen LogP) is 6.52. The zero-order chi connectivity index (χ0) is 22.0. The summed E-state index contributed by atoms with van der Waals surface area (Å²) in [5, 5.41) is 7.88. The number of hydrogen-bond acceptors (Lipinski definition) is 3. The monoisotopic (exact) mass is 451 g/mol. The minimum Gasteiger partial charge on any atom is -0.322 e. The number of thioether (sulfide) groups is 1. The maximum absolute atomic E-state index is 13.4. The lowest BCUT2D eigenvalue weighted by atomic mass is 9.99. The Morgan fingerprint density at radius 3 is 2.48 bits per heavy atom. The summed E-state index contributed by atoms with van der Waals surface area (Å²) >= 11 is 7.93. The Hall–Kier alpha value is -3.09. The summed E-state index contributed by atoms with van der Waals surface area (Å²) in [6.07, 6.45) is 3.80. The lowest BCUT2D eigenvalue weighted by Gasteiger charge is -2.13. The Morgan fingerprint density at radius 2 is 1.81 bits per heavy atom. The van der Waals surface area contributed by atoms with Crippen LogP contribution in [-0.2, 0) is 7.05 Å². The summed E-state index contributed by atoms with van der Waals surface area (Å²) in [6.45, 7) is 0. The average molecular weight is 452 g/mol. The van der Waals surface area contributed by atoms with Gasteiger partial charge in [-0.15, -0.1) is 11.8 Å². The first-order chi connectivity index (χ1) is 14.9. The predicted molar refractivity (Wildman–Crippen MR) is 125 cm³/mol. The van der Waals surface area contributed by atoms with Crippen molar-refractivity contribution in [2.45, 2.75) is 4.90 Å². The molecule has 4 rings (SSSR count). The van der Waals surface area contributed by atoms with Crippen LogP contribution < -0.4 is 5.32 Å². The zero-order valence-electron chi connectivity index (χ0n) is 16.9. The van der Waals surface area contributed by atoms with Crippen molar-refractivity contribution in [3.8, 4) is 22.4 Å². The molecule has 7 heteroatoms. The van der Waals surface area contributed by atoms with Gasteiger partial charge in [-0.25, -0.2) is 4.39 Å². The normalized spacial score (nSPS) is 10.8. The second kappa shape index (κ2) is 8.96. The number of nitrogens with one attached hydrogen (secondary N) is 1. The maximum atomic E-state index is 13.4. The van der Waals surface area contributed by atoms with Gasteiger partial charge in [-0.1, -0.05) is 23.7 Å². The number of carbonyl (C=O) groups is 1. The summed E-state index contributed by atoms with van der Waals surface area (Å²) in [6, 6.07) is 18.9. The van der Waals surface area contributed by atoms with Crippen molar-refractivity contribution < 1.29 is 9.18 Å². The highest BCUT2D eigenvalue weighted by Gasteiger charge is 2.16. The number of hydrogen-bond donors (Lipinski definition) is 1. The Bertz CT molecular complexity index is 1250. The van der Waals surface area contributed by atoms with E-state index < -0.39 is 0 Å². The molecule has 1 N–H and O–H groups in total. The number of amides is 1. The van der Waals surface area contributed by atoms with Crippen molar-refractivity contribution in [1.82, 2.24) is 9.78 Å². The van der Waals surface area contributed by atoms with Crippen LogP contribution in [0.5, 0.6) is 0 Å². The number of rotatable bonds is 5. The minimum atomic E-state index is -0.320. The maximum Gasteiger partial charge on any atom is 0.256 e. The summed E-state index contributed by atoms with van der Waals surface area (Å²) < 4.78 is 15.1. The van der Waals surface area contributed by atoms with Crippen molar-refractivity contribution in [2.24, 2.45) is 7.05 Å². The number of aromatic nitrogens is 2. The van der Waals surface area contributed by atoms with Crippen LogP contribution in [0.4, 0.5) is 10.1 Å². The average Bonchev–Trinajstić information content (AvgIpc) is 3.21. The molecule has 4 nitrogen and oxygen atoms in total. The van der Waals surface area contributed by atoms with Crippen LogP contribution >= 0.6 is 23.4 Å². The Balaban J connectivity index is 1.68. The molecule has 0 radical (unpaired) electrons. The van der Waals surface area contributed by atoms with Crippen molar-refractivity contribution >= 4 is 35.0 Å². The Labute approximate surface area is 189 Å². The van der Waals surface area contributed by atoms with Gasteiger partial charge < -0.3 is 5.32 Å². The Kier molecular flexibility index (Phi) is 6.11. The van der Waals surface area contributed by atoms with E-state index in [1.165, 1.54) is 12.1 Å². The standard InChI is InChI=1S/C24H19ClFN3OS/c1-29-12-11-23(28-29)21-13-17(7-10-22(21)25)27-24(30)19-9-8-18(31-2)14-20(19)15-3-5-16(26)6-4-15/h3-14H,1-2H3,(H,27,30). The van der Waals surface area contributed by atoms with Crippen LogP contribution in [0.2, 0.25) is 5.02 Å². The van der Waals surface area contributed by atoms with Crippen LogP contribution in [0.15, 0.2) is 77.8 Å². The van der Waals surface area contributed by atoms with Gasteiger partial charge in [-0.2, -0.15) is 5.10 Å². The molecule has 1 amide bonds. The van der Waals surface area contributed by atoms with Crippen molar-refractivity contribution in [1.29, 1.82) is 0 Å². The van der Waals surface area contributed by atoms with Gasteiger partial charge in [0.2, 0.25) is 0 Å². The molecule has 0 spiro atoms. The minimum absolute atomic E-state index is 0.263. The summed E-state index contributed by atoms with van der Waals surface area (Å²) in [5.41, 5.74) is 4.07. The smallest absolute Gasteiger partial charge is 0.256 e. The molecule has 1 heterocycles. The summed E-state index contributed by atoms with van der Waals surface area (Å²) in [4.78, 5) is 14.2. The second-order valence-electron chi connectivity index (χ2n) is 6.94. The molecule has 0 aliphatic heterocycles. The second-order valence-corrected chi connectivity index (χ2v) is 8.23. The quantitative estimate of drug-likeness (QED) is 0.351. The molecule has 156 valence electrons. The fraction of sp³-hybridized carbons (Fsp3) is 0.0833. The lowest BCUT2D eigenvalue weighted by molar-refractivity contribution is 0.102. The van der Waals surface area contributed by atoms with Crippen molar-refractivity contribution in [2.75, 3.05) is 11.6 Å². The first-order valence-corrected chi connectivity index (χ1v) is 11.1. The number of anilines is 1. The molecular formula is C24H19ClFN3OS. The van der Waals surface area contributed by atoms with E-state index in [1.807, 2.05) is 37.7 Å². The molecule has 0 aliphatic rings. The first kappa shape index (κ1) is 21.2. The van der Waals surface area contributed by atoms with Gasteiger partial charge in [-0.3, -0.25) is 9.48 Å². The molecule has 1 aromatic heterocycles. The van der Waals surface area contributed by atoms with Crippen LogP contribution in [0.1, 0.15) is 10.4 Å². The molecule has 0 bridgehead atoms. The van der Waals surface area contributed by atoms with E-state index in [-0.39, 0.29) is 11.7 Å². The fourth-order valence-corrected chi connectivity index (χ4v) is 3.93. The van der Waals surface area contributed by atoms with Gasteiger partial charge in [0.05, 0.1) is 10.7 Å². The highest BCUT2D eigenvalue weighted by Crippen LogP contribution is 2.32. The van der Waals surface area contributed by atoms with Crippen LogP contribution in [0.25, 0.3) is 22.4 Å². The van der Waals surface area contributed by atoms with E-state index >= 15 is 0 Å². The SMILES string of the molecule is CSc1ccc(C(=O)Nc2ccc(Cl)c(-c3ccn(C)n3)c2)c(-c2ccc(F)cc2)c1. The number of aryl methyl sites for hydroxylation is 1. The topological polar surface area (TPSA) is 46.9 Å². The van der Waals surface area contributed by atoms with Gasteiger partial charge in [0.15, 0.2) is 0 Å². The van der Waals surface area contributed by atoms with Crippen LogP contribution in [0.3, 0.4) is 0 Å². The van der Waals surface area contributed by atoms with E-state index in [2.05, 4.69) is 10.4 Å². The van der Waals surface area contributed by atoms with Crippen molar-refractivity contribution in [3.63, 3.8) is 0 Å². The zero-order valence-corrected chi connectivity index (χ0v) is 18.5. The highest BCUT2D eigenvalue weighted by atomic mass is 35.5. The molecule has 3 aromatic carbocycles.